The fraction of sp³-hybridized carbons (Fsp3) is 0.444. The van der Waals surface area contributed by atoms with E-state index in [9.17, 15) is 9.59 Å². The first kappa shape index (κ1) is 13.5. The van der Waals surface area contributed by atoms with Crippen molar-refractivity contribution < 1.29 is 14.7 Å². The van der Waals surface area contributed by atoms with E-state index < -0.39 is 17.9 Å². The van der Waals surface area contributed by atoms with Crippen LogP contribution in [0.5, 0.6) is 0 Å². The predicted molar refractivity (Wildman–Crippen MR) is 62.0 cm³/mol. The Morgan fingerprint density at radius 3 is 2.94 bits per heavy atom. The van der Waals surface area contributed by atoms with Crippen molar-refractivity contribution in [3.8, 4) is 0 Å². The lowest BCUT2D eigenvalue weighted by Crippen LogP contribution is -2.31. The Labute approximate surface area is 103 Å². The predicted octanol–water partition coefficient (Wildman–Crippen LogP) is -0.302. The van der Waals surface area contributed by atoms with Gasteiger partial charge in [-0.05, 0) is 6.92 Å². The van der Waals surface area contributed by atoms with E-state index in [1.54, 1.807) is 6.92 Å². The van der Waals surface area contributed by atoms with E-state index in [0.29, 0.717) is 0 Å². The van der Waals surface area contributed by atoms with Gasteiger partial charge in [-0.1, -0.05) is 0 Å². The molecule has 7 nitrogen and oxygen atoms in total. The normalized spacial score (nSPS) is 11.9. The number of halogens is 1. The number of aromatic nitrogens is 2. The molecule has 0 saturated heterocycles. The van der Waals surface area contributed by atoms with Crippen LogP contribution in [0.1, 0.15) is 17.4 Å². The third kappa shape index (κ3) is 4.04. The molecule has 17 heavy (non-hydrogen) atoms. The molecule has 1 heterocycles. The molecular formula is C9H13ClN4O3. The summed E-state index contributed by atoms with van der Waals surface area (Å²) in [6.07, 6.45) is 0.657. The lowest BCUT2D eigenvalue weighted by Gasteiger charge is -2.07. The summed E-state index contributed by atoms with van der Waals surface area (Å²) in [5.41, 5.74) is 0.364. The zero-order valence-electron chi connectivity index (χ0n) is 9.16. The second-order valence-electron chi connectivity index (χ2n) is 3.40. The fourth-order valence-corrected chi connectivity index (χ4v) is 1.13. The first-order valence-electron chi connectivity index (χ1n) is 4.90. The van der Waals surface area contributed by atoms with Crippen molar-refractivity contribution in [2.24, 2.45) is 0 Å². The molecule has 1 atom stereocenters. The number of anilines is 1. The van der Waals surface area contributed by atoms with Crippen LogP contribution in [0.25, 0.3) is 0 Å². The number of hydrogen-bond acceptors (Lipinski definition) is 4. The molecular weight excluding hydrogens is 248 g/mol. The number of rotatable bonds is 5. The Morgan fingerprint density at radius 1 is 1.65 bits per heavy atom. The van der Waals surface area contributed by atoms with Crippen LogP contribution in [0.4, 0.5) is 5.69 Å². The maximum absolute atomic E-state index is 11.6. The quantitative estimate of drug-likeness (QED) is 0.545. The van der Waals surface area contributed by atoms with Gasteiger partial charge < -0.3 is 15.7 Å². The fourth-order valence-electron chi connectivity index (χ4n) is 1.07. The molecule has 1 unspecified atom stereocenters. The second kappa shape index (κ2) is 6.21. The van der Waals surface area contributed by atoms with Gasteiger partial charge in [0, 0.05) is 6.54 Å². The van der Waals surface area contributed by atoms with Gasteiger partial charge in [-0.3, -0.25) is 14.7 Å². The molecule has 0 spiro atoms. The largest absolute Gasteiger partial charge is 0.392 e. The van der Waals surface area contributed by atoms with Crippen LogP contribution in [-0.4, -0.2) is 45.6 Å². The molecule has 0 aliphatic rings. The summed E-state index contributed by atoms with van der Waals surface area (Å²) in [6.45, 7) is 1.66. The third-order valence-corrected chi connectivity index (χ3v) is 2.06. The lowest BCUT2D eigenvalue weighted by atomic mass is 10.3. The Balaban J connectivity index is 2.67. The summed E-state index contributed by atoms with van der Waals surface area (Å²) in [5, 5.41) is 20.0. The number of nitrogens with one attached hydrogen (secondary N) is 3. The molecule has 0 bridgehead atoms. The van der Waals surface area contributed by atoms with E-state index >= 15 is 0 Å². The maximum atomic E-state index is 11.6. The van der Waals surface area contributed by atoms with E-state index in [4.69, 9.17) is 16.7 Å². The van der Waals surface area contributed by atoms with Crippen LogP contribution in [0, 0.1) is 0 Å². The lowest BCUT2D eigenvalue weighted by molar-refractivity contribution is -0.113. The van der Waals surface area contributed by atoms with E-state index in [0.717, 1.165) is 0 Å². The highest BCUT2D eigenvalue weighted by Crippen LogP contribution is 2.11. The third-order valence-electron chi connectivity index (χ3n) is 1.82. The second-order valence-corrected chi connectivity index (χ2v) is 3.67. The van der Waals surface area contributed by atoms with Crippen molar-refractivity contribution in [1.82, 2.24) is 15.5 Å². The highest BCUT2D eigenvalue weighted by molar-refractivity contribution is 6.29. The average molecular weight is 261 g/mol. The van der Waals surface area contributed by atoms with Crippen molar-refractivity contribution in [3.05, 3.63) is 11.9 Å². The number of hydrogen-bond donors (Lipinski definition) is 4. The van der Waals surface area contributed by atoms with Gasteiger partial charge in [-0.2, -0.15) is 5.10 Å². The summed E-state index contributed by atoms with van der Waals surface area (Å²) in [5.74, 6) is -1.11. The molecule has 0 aliphatic carbocycles. The molecule has 0 saturated carbocycles. The molecule has 4 N–H and O–H groups in total. The molecule has 94 valence electrons. The topological polar surface area (TPSA) is 107 Å². The summed E-state index contributed by atoms with van der Waals surface area (Å²) in [7, 11) is 0. The first-order valence-corrected chi connectivity index (χ1v) is 5.43. The van der Waals surface area contributed by atoms with Crippen LogP contribution in [0.2, 0.25) is 0 Å². The Bertz CT molecular complexity index is 405. The molecule has 1 aromatic heterocycles. The summed E-state index contributed by atoms with van der Waals surface area (Å²) in [6, 6.07) is 0. The highest BCUT2D eigenvalue weighted by atomic mass is 35.5. The van der Waals surface area contributed by atoms with Crippen molar-refractivity contribution in [3.63, 3.8) is 0 Å². The molecule has 0 fully saturated rings. The van der Waals surface area contributed by atoms with Gasteiger partial charge in [0.05, 0.1) is 18.0 Å². The number of alkyl halides is 1. The molecule has 1 aromatic rings. The smallest absolute Gasteiger partial charge is 0.271 e. The molecule has 1 rings (SSSR count). The number of nitrogens with zero attached hydrogens (tertiary/aromatic N) is 1. The molecule has 0 aromatic carbocycles. The van der Waals surface area contributed by atoms with Crippen LogP contribution in [-0.2, 0) is 4.79 Å². The summed E-state index contributed by atoms with van der Waals surface area (Å²) >= 11 is 5.33. The van der Waals surface area contributed by atoms with E-state index in [2.05, 4.69) is 20.8 Å². The average Bonchev–Trinajstić information content (AvgIpc) is 2.73. The number of H-pyrrole nitrogens is 1. The Hall–Kier alpha value is -1.60. The Kier molecular flexibility index (Phi) is 4.92. The zero-order valence-corrected chi connectivity index (χ0v) is 9.91. The van der Waals surface area contributed by atoms with Crippen molar-refractivity contribution in [1.29, 1.82) is 0 Å². The standard InChI is InChI=1S/C9H13ClN4O3/c1-5(15)3-11-9(17)8-6(4-12-14-8)13-7(16)2-10/h4-5,15H,2-3H2,1H3,(H,11,17)(H,12,14)(H,13,16). The van der Waals surface area contributed by atoms with Crippen molar-refractivity contribution in [2.75, 3.05) is 17.7 Å². The highest BCUT2D eigenvalue weighted by Gasteiger charge is 2.15. The van der Waals surface area contributed by atoms with Gasteiger partial charge in [-0.15, -0.1) is 11.6 Å². The SMILES string of the molecule is CC(O)CNC(=O)c1[nH]ncc1NC(=O)CCl. The minimum absolute atomic E-state index is 0.112. The van der Waals surface area contributed by atoms with E-state index in [1.807, 2.05) is 0 Å². The molecule has 8 heteroatoms. The first-order chi connectivity index (χ1) is 8.04. The summed E-state index contributed by atoms with van der Waals surface area (Å²) < 4.78 is 0. The van der Waals surface area contributed by atoms with Gasteiger partial charge in [0.2, 0.25) is 5.91 Å². The number of carbonyl (C=O) groups is 2. The van der Waals surface area contributed by atoms with E-state index in [-0.39, 0.29) is 23.8 Å². The van der Waals surface area contributed by atoms with Crippen LogP contribution >= 0.6 is 11.6 Å². The number of aromatic amines is 1. The van der Waals surface area contributed by atoms with Crippen LogP contribution in [0.15, 0.2) is 6.20 Å². The number of amides is 2. The molecule has 0 radical (unpaired) electrons. The van der Waals surface area contributed by atoms with Gasteiger partial charge >= 0.3 is 0 Å². The number of aliphatic hydroxyl groups excluding tert-OH is 1. The molecule has 2 amide bonds. The van der Waals surface area contributed by atoms with Gasteiger partial charge in [0.15, 0.2) is 0 Å². The van der Waals surface area contributed by atoms with Crippen LogP contribution < -0.4 is 10.6 Å². The summed E-state index contributed by atoms with van der Waals surface area (Å²) in [4.78, 5) is 22.7. The monoisotopic (exact) mass is 260 g/mol. The van der Waals surface area contributed by atoms with Crippen molar-refractivity contribution >= 4 is 29.1 Å². The van der Waals surface area contributed by atoms with E-state index in [1.165, 1.54) is 6.20 Å². The van der Waals surface area contributed by atoms with Gasteiger partial charge in [-0.25, -0.2) is 0 Å². The minimum atomic E-state index is -0.650. The molecule has 0 aliphatic heterocycles. The number of carbonyl (C=O) groups excluding carboxylic acids is 2. The zero-order chi connectivity index (χ0) is 12.8. The number of aliphatic hydroxyl groups is 1. The minimum Gasteiger partial charge on any atom is -0.392 e. The van der Waals surface area contributed by atoms with Gasteiger partial charge in [0.1, 0.15) is 11.6 Å². The van der Waals surface area contributed by atoms with Gasteiger partial charge in [0.25, 0.3) is 5.91 Å². The maximum Gasteiger partial charge on any atom is 0.271 e. The van der Waals surface area contributed by atoms with Crippen molar-refractivity contribution in [2.45, 2.75) is 13.0 Å². The van der Waals surface area contributed by atoms with Crippen LogP contribution in [0.3, 0.4) is 0 Å². The Morgan fingerprint density at radius 2 is 2.35 bits per heavy atom.